The molecule has 0 amide bonds. The highest BCUT2D eigenvalue weighted by molar-refractivity contribution is 5.95. The van der Waals surface area contributed by atoms with Crippen molar-refractivity contribution in [2.45, 2.75) is 12.5 Å². The molecule has 0 N–H and O–H groups in total. The summed E-state index contributed by atoms with van der Waals surface area (Å²) in [6, 6.07) is 21.5. The molecule has 4 aromatic rings. The van der Waals surface area contributed by atoms with E-state index in [0.29, 0.717) is 17.6 Å². The van der Waals surface area contributed by atoms with E-state index in [1.54, 1.807) is 23.0 Å². The van der Waals surface area contributed by atoms with Crippen LogP contribution in [0.2, 0.25) is 0 Å². The average molecular weight is 343 g/mol. The van der Waals surface area contributed by atoms with Crippen molar-refractivity contribution in [3.05, 3.63) is 102 Å². The molecule has 2 aromatic carbocycles. The van der Waals surface area contributed by atoms with Crippen molar-refractivity contribution in [1.82, 2.24) is 14.6 Å². The standard InChI is InChI=1S/C21H17N3O2/c25-21(18-15-23-24-13-7-12-22-20(18)24)26-19(17-10-5-2-6-11-17)14-16-8-3-1-4-9-16/h1-13,15,19H,14H2/t19-/m0/s1. The van der Waals surface area contributed by atoms with Crippen LogP contribution in [-0.4, -0.2) is 20.6 Å². The van der Waals surface area contributed by atoms with Gasteiger partial charge in [0, 0.05) is 18.8 Å². The first-order valence-corrected chi connectivity index (χ1v) is 8.39. The third kappa shape index (κ3) is 3.32. The molecule has 0 spiro atoms. The van der Waals surface area contributed by atoms with E-state index in [2.05, 4.69) is 10.1 Å². The number of carbonyl (C=O) groups is 1. The van der Waals surface area contributed by atoms with E-state index < -0.39 is 5.97 Å². The molecule has 0 unspecified atom stereocenters. The smallest absolute Gasteiger partial charge is 0.344 e. The molecular formula is C21H17N3O2. The van der Waals surface area contributed by atoms with Crippen molar-refractivity contribution in [1.29, 1.82) is 0 Å². The maximum Gasteiger partial charge on any atom is 0.344 e. The predicted octanol–water partition coefficient (Wildman–Crippen LogP) is 3.87. The Morgan fingerprint density at radius 1 is 1.00 bits per heavy atom. The average Bonchev–Trinajstić information content (AvgIpc) is 3.13. The summed E-state index contributed by atoms with van der Waals surface area (Å²) in [7, 11) is 0. The monoisotopic (exact) mass is 343 g/mol. The molecule has 0 radical (unpaired) electrons. The quantitative estimate of drug-likeness (QED) is 0.516. The second kappa shape index (κ2) is 7.19. The van der Waals surface area contributed by atoms with Crippen LogP contribution in [0.3, 0.4) is 0 Å². The van der Waals surface area contributed by atoms with Crippen molar-refractivity contribution < 1.29 is 9.53 Å². The van der Waals surface area contributed by atoms with Crippen molar-refractivity contribution in [3.63, 3.8) is 0 Å². The summed E-state index contributed by atoms with van der Waals surface area (Å²) < 4.78 is 7.42. The van der Waals surface area contributed by atoms with Crippen molar-refractivity contribution in [2.24, 2.45) is 0 Å². The fourth-order valence-electron chi connectivity index (χ4n) is 2.89. The molecule has 2 aromatic heterocycles. The number of ether oxygens (including phenoxy) is 1. The normalized spacial score (nSPS) is 12.0. The van der Waals surface area contributed by atoms with Gasteiger partial charge >= 0.3 is 5.97 Å². The van der Waals surface area contributed by atoms with Gasteiger partial charge in [-0.2, -0.15) is 5.10 Å². The summed E-state index contributed by atoms with van der Waals surface area (Å²) in [4.78, 5) is 17.0. The van der Waals surface area contributed by atoms with Crippen molar-refractivity contribution in [3.8, 4) is 0 Å². The van der Waals surface area contributed by atoms with Gasteiger partial charge in [-0.15, -0.1) is 0 Å². The summed E-state index contributed by atoms with van der Waals surface area (Å²) in [6.07, 6.45) is 5.09. The fraction of sp³-hybridized carbons (Fsp3) is 0.0952. The van der Waals surface area contributed by atoms with Gasteiger partial charge in [0.05, 0.1) is 6.20 Å². The van der Waals surface area contributed by atoms with E-state index in [9.17, 15) is 4.79 Å². The Morgan fingerprint density at radius 3 is 2.50 bits per heavy atom. The Labute approximate surface area is 150 Å². The zero-order valence-corrected chi connectivity index (χ0v) is 14.0. The molecule has 26 heavy (non-hydrogen) atoms. The summed E-state index contributed by atoms with van der Waals surface area (Å²) in [6.45, 7) is 0. The van der Waals surface area contributed by atoms with Gasteiger partial charge in [-0.3, -0.25) is 0 Å². The minimum absolute atomic E-state index is 0.361. The highest BCUT2D eigenvalue weighted by Crippen LogP contribution is 2.24. The zero-order valence-electron chi connectivity index (χ0n) is 14.0. The number of hydrogen-bond acceptors (Lipinski definition) is 4. The number of rotatable bonds is 5. The molecule has 128 valence electrons. The SMILES string of the molecule is O=C(O[C@@H](Cc1ccccc1)c1ccccc1)c1cnn2cccnc12. The largest absolute Gasteiger partial charge is 0.453 e. The Bertz CT molecular complexity index is 1010. The minimum Gasteiger partial charge on any atom is -0.453 e. The van der Waals surface area contributed by atoms with Crippen LogP contribution in [0.4, 0.5) is 0 Å². The first kappa shape index (κ1) is 16.0. The number of carbonyl (C=O) groups excluding carboxylic acids is 1. The molecule has 0 saturated heterocycles. The molecule has 0 aliphatic rings. The highest BCUT2D eigenvalue weighted by atomic mass is 16.5. The van der Waals surface area contributed by atoms with Gasteiger partial charge in [0.15, 0.2) is 5.65 Å². The lowest BCUT2D eigenvalue weighted by atomic mass is 10.0. The van der Waals surface area contributed by atoms with Gasteiger partial charge in [0.1, 0.15) is 11.7 Å². The molecular weight excluding hydrogens is 326 g/mol. The van der Waals surface area contributed by atoms with E-state index >= 15 is 0 Å². The predicted molar refractivity (Wildman–Crippen MR) is 97.7 cm³/mol. The number of hydrogen-bond donors (Lipinski definition) is 0. The number of esters is 1. The van der Waals surface area contributed by atoms with Crippen molar-refractivity contribution in [2.75, 3.05) is 0 Å². The zero-order chi connectivity index (χ0) is 17.8. The molecule has 4 rings (SSSR count). The third-order valence-corrected chi connectivity index (χ3v) is 4.18. The lowest BCUT2D eigenvalue weighted by molar-refractivity contribution is 0.0299. The Kier molecular flexibility index (Phi) is 4.43. The maximum absolute atomic E-state index is 12.8. The first-order valence-electron chi connectivity index (χ1n) is 8.39. The van der Waals surface area contributed by atoms with Gasteiger partial charge < -0.3 is 4.74 Å². The summed E-state index contributed by atoms with van der Waals surface area (Å²) >= 11 is 0. The second-order valence-corrected chi connectivity index (χ2v) is 5.94. The van der Waals surface area contributed by atoms with Crippen LogP contribution in [-0.2, 0) is 11.2 Å². The van der Waals surface area contributed by atoms with E-state index in [0.717, 1.165) is 11.1 Å². The van der Waals surface area contributed by atoms with Crippen LogP contribution in [0, 0.1) is 0 Å². The van der Waals surface area contributed by atoms with Crippen LogP contribution < -0.4 is 0 Å². The van der Waals surface area contributed by atoms with Crippen LogP contribution in [0.15, 0.2) is 85.3 Å². The molecule has 2 heterocycles. The van der Waals surface area contributed by atoms with Gasteiger partial charge in [-0.05, 0) is 17.2 Å². The number of aromatic nitrogens is 3. The van der Waals surface area contributed by atoms with Crippen LogP contribution in [0.1, 0.15) is 27.6 Å². The Hall–Kier alpha value is -3.47. The molecule has 1 atom stereocenters. The van der Waals surface area contributed by atoms with E-state index in [-0.39, 0.29) is 6.10 Å². The molecule has 5 nitrogen and oxygen atoms in total. The second-order valence-electron chi connectivity index (χ2n) is 5.94. The van der Waals surface area contributed by atoms with Gasteiger partial charge in [-0.25, -0.2) is 14.3 Å². The van der Waals surface area contributed by atoms with Crippen LogP contribution >= 0.6 is 0 Å². The Balaban J connectivity index is 1.63. The fourth-order valence-corrected chi connectivity index (χ4v) is 2.89. The topological polar surface area (TPSA) is 56.5 Å². The van der Waals surface area contributed by atoms with Gasteiger partial charge in [0.25, 0.3) is 0 Å². The lowest BCUT2D eigenvalue weighted by Gasteiger charge is -2.18. The summed E-state index contributed by atoms with van der Waals surface area (Å²) in [5.74, 6) is -0.427. The van der Waals surface area contributed by atoms with E-state index in [4.69, 9.17) is 4.74 Å². The van der Waals surface area contributed by atoms with E-state index in [1.165, 1.54) is 6.20 Å². The lowest BCUT2D eigenvalue weighted by Crippen LogP contribution is -2.14. The van der Waals surface area contributed by atoms with Crippen LogP contribution in [0.25, 0.3) is 5.65 Å². The van der Waals surface area contributed by atoms with Gasteiger partial charge in [0.2, 0.25) is 0 Å². The molecule has 5 heteroatoms. The molecule has 0 aliphatic heterocycles. The first-order chi connectivity index (χ1) is 12.8. The molecule has 0 aliphatic carbocycles. The van der Waals surface area contributed by atoms with Gasteiger partial charge in [-0.1, -0.05) is 60.7 Å². The van der Waals surface area contributed by atoms with Crippen LogP contribution in [0.5, 0.6) is 0 Å². The summed E-state index contributed by atoms with van der Waals surface area (Å²) in [5.41, 5.74) is 2.91. The highest BCUT2D eigenvalue weighted by Gasteiger charge is 2.21. The number of benzene rings is 2. The van der Waals surface area contributed by atoms with E-state index in [1.807, 2.05) is 60.7 Å². The number of nitrogens with zero attached hydrogens (tertiary/aromatic N) is 3. The molecule has 0 bridgehead atoms. The summed E-state index contributed by atoms with van der Waals surface area (Å²) in [5, 5.41) is 4.16. The molecule has 0 saturated carbocycles. The molecule has 0 fully saturated rings. The maximum atomic E-state index is 12.8. The van der Waals surface area contributed by atoms with Crippen molar-refractivity contribution >= 4 is 11.6 Å². The number of fused-ring (bicyclic) bond motifs is 1. The minimum atomic E-state index is -0.427. The third-order valence-electron chi connectivity index (χ3n) is 4.18. The Morgan fingerprint density at radius 2 is 1.73 bits per heavy atom.